The number of nitrogens with one attached hydrogen (secondary N) is 1. The third-order valence-corrected chi connectivity index (χ3v) is 8.39. The number of benzene rings is 1. The molecule has 1 aromatic carbocycles. The van der Waals surface area contributed by atoms with Crippen LogP contribution in [0, 0.1) is 0 Å². The number of aromatic nitrogens is 1. The summed E-state index contributed by atoms with van der Waals surface area (Å²) in [7, 11) is -1.74. The van der Waals surface area contributed by atoms with Crippen LogP contribution in [0.4, 0.5) is 0 Å². The Labute approximate surface area is 215 Å². The zero-order valence-electron chi connectivity index (χ0n) is 22.3. The molecule has 8 nitrogen and oxygen atoms in total. The van der Waals surface area contributed by atoms with Gasteiger partial charge in [-0.15, -0.1) is 0 Å². The third kappa shape index (κ3) is 5.78. The van der Waals surface area contributed by atoms with Gasteiger partial charge in [0, 0.05) is 67.7 Å². The van der Waals surface area contributed by atoms with Gasteiger partial charge in [-0.25, -0.2) is 12.4 Å². The molecule has 2 aromatic rings. The third-order valence-electron chi connectivity index (χ3n) is 7.31. The van der Waals surface area contributed by atoms with E-state index in [1.165, 1.54) is 35.9 Å². The molecule has 36 heavy (non-hydrogen) atoms. The fourth-order valence-electron chi connectivity index (χ4n) is 5.71. The minimum absolute atomic E-state index is 0.0228. The highest BCUT2D eigenvalue weighted by Crippen LogP contribution is 2.35. The van der Waals surface area contributed by atoms with E-state index >= 15 is 0 Å². The monoisotopic (exact) mass is 516 g/mol. The van der Waals surface area contributed by atoms with Crippen LogP contribution in [0.3, 0.4) is 0 Å². The first kappa shape index (κ1) is 26.7. The molecule has 198 valence electrons. The molecule has 0 radical (unpaired) electrons. The van der Waals surface area contributed by atoms with E-state index in [0.29, 0.717) is 42.9 Å². The van der Waals surface area contributed by atoms with Crippen molar-refractivity contribution in [2.45, 2.75) is 83.8 Å². The summed E-state index contributed by atoms with van der Waals surface area (Å²) in [6.45, 7) is 7.88. The maximum atomic E-state index is 13.2. The van der Waals surface area contributed by atoms with Crippen LogP contribution < -0.4 is 5.32 Å². The molecule has 1 aliphatic carbocycles. The molecule has 0 atom stereocenters. The highest BCUT2D eigenvalue weighted by Gasteiger charge is 2.32. The zero-order valence-corrected chi connectivity index (χ0v) is 23.1. The first-order valence-electron chi connectivity index (χ1n) is 13.0. The summed E-state index contributed by atoms with van der Waals surface area (Å²) in [4.78, 5) is 29.5. The number of nitrogens with zero attached hydrogens (tertiary/aromatic N) is 3. The van der Waals surface area contributed by atoms with Gasteiger partial charge in [0.1, 0.15) is 0 Å². The van der Waals surface area contributed by atoms with Gasteiger partial charge in [0.2, 0.25) is 15.9 Å². The summed E-state index contributed by atoms with van der Waals surface area (Å²) < 4.78 is 27.0. The summed E-state index contributed by atoms with van der Waals surface area (Å²) >= 11 is 0. The number of carbonyl (C=O) groups excluding carboxylic acids is 2. The van der Waals surface area contributed by atoms with Crippen molar-refractivity contribution in [1.29, 1.82) is 0 Å². The average Bonchev–Trinajstić information content (AvgIpc) is 3.42. The lowest BCUT2D eigenvalue weighted by Crippen LogP contribution is -2.40. The van der Waals surface area contributed by atoms with Crippen molar-refractivity contribution in [3.05, 3.63) is 35.0 Å². The van der Waals surface area contributed by atoms with Gasteiger partial charge in [-0.05, 0) is 63.8 Å². The number of carbonyl (C=O) groups is 2. The Balaban J connectivity index is 1.56. The van der Waals surface area contributed by atoms with Gasteiger partial charge in [-0.2, -0.15) is 0 Å². The highest BCUT2D eigenvalue weighted by atomic mass is 32.2. The Hall–Kier alpha value is -2.39. The lowest BCUT2D eigenvalue weighted by atomic mass is 10.0. The van der Waals surface area contributed by atoms with Crippen molar-refractivity contribution < 1.29 is 18.0 Å². The quantitative estimate of drug-likeness (QED) is 0.608. The first-order valence-corrected chi connectivity index (χ1v) is 14.9. The Morgan fingerprint density at radius 2 is 1.86 bits per heavy atom. The van der Waals surface area contributed by atoms with Crippen LogP contribution in [0.25, 0.3) is 10.9 Å². The molecule has 4 rings (SSSR count). The second kappa shape index (κ2) is 10.2. The predicted octanol–water partition coefficient (Wildman–Crippen LogP) is 3.52. The van der Waals surface area contributed by atoms with Crippen molar-refractivity contribution in [3.63, 3.8) is 0 Å². The van der Waals surface area contributed by atoms with Crippen LogP contribution in [0.15, 0.2) is 18.2 Å². The standard InChI is InChI=1S/C27H40N4O4S/c1-27(2,3)28-25(32)11-8-15-29(4)26(33)19-12-13-23-21(17-19)22-18-30(20-9-6-7-10-20)16-14-24(22)31(23)36(5,34)35/h12-13,17,20H,6-11,14-16,18H2,1-5H3,(H,28,32). The van der Waals surface area contributed by atoms with Crippen LogP contribution in [0.5, 0.6) is 0 Å². The van der Waals surface area contributed by atoms with Gasteiger partial charge in [0.25, 0.3) is 5.91 Å². The maximum Gasteiger partial charge on any atom is 0.253 e. The molecule has 0 spiro atoms. The number of amides is 2. The number of fused-ring (bicyclic) bond motifs is 3. The van der Waals surface area contributed by atoms with E-state index < -0.39 is 10.0 Å². The van der Waals surface area contributed by atoms with Crippen molar-refractivity contribution in [2.75, 3.05) is 26.4 Å². The minimum Gasteiger partial charge on any atom is -0.352 e. The van der Waals surface area contributed by atoms with Crippen LogP contribution in [0.2, 0.25) is 0 Å². The summed E-state index contributed by atoms with van der Waals surface area (Å²) in [6.07, 6.45) is 7.76. The first-order chi connectivity index (χ1) is 16.8. The Morgan fingerprint density at radius 3 is 2.50 bits per heavy atom. The second-order valence-corrected chi connectivity index (χ2v) is 13.3. The van der Waals surface area contributed by atoms with E-state index in [9.17, 15) is 18.0 Å². The largest absolute Gasteiger partial charge is 0.352 e. The van der Waals surface area contributed by atoms with E-state index in [1.807, 2.05) is 26.8 Å². The van der Waals surface area contributed by atoms with Crippen LogP contribution in [-0.4, -0.2) is 72.0 Å². The average molecular weight is 517 g/mol. The second-order valence-electron chi connectivity index (χ2n) is 11.5. The summed E-state index contributed by atoms with van der Waals surface area (Å²) in [6, 6.07) is 5.90. The van der Waals surface area contributed by atoms with Gasteiger partial charge in [0.15, 0.2) is 0 Å². The molecular weight excluding hydrogens is 476 g/mol. The Bertz CT molecular complexity index is 1250. The predicted molar refractivity (Wildman–Crippen MR) is 143 cm³/mol. The number of rotatable bonds is 7. The van der Waals surface area contributed by atoms with Crippen molar-refractivity contribution in [2.24, 2.45) is 0 Å². The van der Waals surface area contributed by atoms with Gasteiger partial charge in [-0.1, -0.05) is 12.8 Å². The Kier molecular flexibility index (Phi) is 7.53. The molecule has 0 bridgehead atoms. The number of hydrogen-bond donors (Lipinski definition) is 1. The van der Waals surface area contributed by atoms with E-state index in [1.54, 1.807) is 24.1 Å². The van der Waals surface area contributed by atoms with Crippen molar-refractivity contribution in [1.82, 2.24) is 19.1 Å². The molecule has 1 aromatic heterocycles. The van der Waals surface area contributed by atoms with Gasteiger partial charge >= 0.3 is 0 Å². The van der Waals surface area contributed by atoms with Crippen molar-refractivity contribution >= 4 is 32.7 Å². The fourth-order valence-corrected chi connectivity index (χ4v) is 6.83. The lowest BCUT2D eigenvalue weighted by Gasteiger charge is -2.32. The summed E-state index contributed by atoms with van der Waals surface area (Å²) in [5.41, 5.74) is 2.79. The molecule has 1 aliphatic heterocycles. The summed E-state index contributed by atoms with van der Waals surface area (Å²) in [5.74, 6) is -0.150. The highest BCUT2D eigenvalue weighted by molar-refractivity contribution is 7.89. The molecule has 2 heterocycles. The molecule has 2 aliphatic rings. The normalized spacial score (nSPS) is 17.4. The summed E-state index contributed by atoms with van der Waals surface area (Å²) in [5, 5.41) is 3.79. The van der Waals surface area contributed by atoms with Gasteiger partial charge in [0.05, 0.1) is 11.8 Å². The Morgan fingerprint density at radius 1 is 1.17 bits per heavy atom. The van der Waals surface area contributed by atoms with Crippen molar-refractivity contribution in [3.8, 4) is 0 Å². The van der Waals surface area contributed by atoms with Crippen LogP contribution >= 0.6 is 0 Å². The molecule has 1 fully saturated rings. The lowest BCUT2D eigenvalue weighted by molar-refractivity contribution is -0.122. The molecule has 0 unspecified atom stereocenters. The minimum atomic E-state index is -3.48. The topological polar surface area (TPSA) is 91.7 Å². The van der Waals surface area contributed by atoms with E-state index in [2.05, 4.69) is 10.2 Å². The van der Waals surface area contributed by atoms with Crippen LogP contribution in [-0.2, 0) is 27.8 Å². The van der Waals surface area contributed by atoms with Gasteiger partial charge < -0.3 is 10.2 Å². The smallest absolute Gasteiger partial charge is 0.253 e. The molecule has 9 heteroatoms. The van der Waals surface area contributed by atoms with Gasteiger partial charge in [-0.3, -0.25) is 14.5 Å². The van der Waals surface area contributed by atoms with Crippen LogP contribution in [0.1, 0.15) is 80.9 Å². The molecule has 1 N–H and O–H groups in total. The SMILES string of the molecule is CN(CCCC(=O)NC(C)(C)C)C(=O)c1ccc2c(c1)c1c(n2S(C)(=O)=O)CCN(C2CCCC2)C1. The molecule has 1 saturated carbocycles. The molecule has 2 amide bonds. The van der Waals surface area contributed by atoms with E-state index in [0.717, 1.165) is 29.7 Å². The molecule has 0 saturated heterocycles. The fraction of sp³-hybridized carbons (Fsp3) is 0.630. The van der Waals surface area contributed by atoms with E-state index in [4.69, 9.17) is 0 Å². The van der Waals surface area contributed by atoms with E-state index in [-0.39, 0.29) is 17.4 Å². The molecular formula is C27H40N4O4S. The maximum absolute atomic E-state index is 13.2. The zero-order chi connectivity index (χ0) is 26.3. The number of hydrogen-bond acceptors (Lipinski definition) is 5.